The van der Waals surface area contributed by atoms with Crippen molar-refractivity contribution in [2.75, 3.05) is 20.2 Å². The van der Waals surface area contributed by atoms with Crippen LogP contribution in [0.2, 0.25) is 0 Å². The minimum Gasteiger partial charge on any atom is -0.447 e. The highest BCUT2D eigenvalue weighted by atomic mass is 32.2. The zero-order valence-electron chi connectivity index (χ0n) is 12.8. The molecule has 2 heterocycles. The number of rotatable bonds is 7. The van der Waals surface area contributed by atoms with Gasteiger partial charge in [-0.25, -0.2) is 8.42 Å². The van der Waals surface area contributed by atoms with Crippen molar-refractivity contribution >= 4 is 10.0 Å². The zero-order chi connectivity index (χ0) is 15.5. The number of sulfonamides is 1. The summed E-state index contributed by atoms with van der Waals surface area (Å²) in [5, 5.41) is 3.18. The van der Waals surface area contributed by atoms with E-state index < -0.39 is 10.0 Å². The van der Waals surface area contributed by atoms with Crippen molar-refractivity contribution in [3.05, 3.63) is 17.9 Å². The molecule has 1 aromatic heterocycles. The molecule has 21 heavy (non-hydrogen) atoms. The van der Waals surface area contributed by atoms with Gasteiger partial charge >= 0.3 is 0 Å². The summed E-state index contributed by atoms with van der Waals surface area (Å²) in [6.07, 6.45) is 1.88. The second kappa shape index (κ2) is 6.91. The number of nitrogens with one attached hydrogen (secondary N) is 1. The van der Waals surface area contributed by atoms with Crippen molar-refractivity contribution in [2.45, 2.75) is 50.5 Å². The van der Waals surface area contributed by atoms with Gasteiger partial charge in [-0.2, -0.15) is 4.31 Å². The Morgan fingerprint density at radius 2 is 2.19 bits per heavy atom. The third-order valence-electron chi connectivity index (χ3n) is 3.47. The molecule has 1 unspecified atom stereocenters. The molecule has 0 aromatic carbocycles. The minimum absolute atomic E-state index is 0.0106. The molecule has 1 saturated heterocycles. The van der Waals surface area contributed by atoms with Crippen molar-refractivity contribution in [1.29, 1.82) is 0 Å². The summed E-state index contributed by atoms with van der Waals surface area (Å²) in [6.45, 7) is 5.64. The van der Waals surface area contributed by atoms with Gasteiger partial charge in [0, 0.05) is 26.2 Å². The van der Waals surface area contributed by atoms with E-state index in [-0.39, 0.29) is 11.2 Å². The molecule has 1 atom stereocenters. The number of likely N-dealkylation sites (N-methyl/N-ethyl adjacent to an activating group) is 1. The highest BCUT2D eigenvalue weighted by Gasteiger charge is 2.28. The van der Waals surface area contributed by atoms with Crippen LogP contribution >= 0.6 is 0 Å². The van der Waals surface area contributed by atoms with Gasteiger partial charge in [-0.15, -0.1) is 0 Å². The molecular weight excluding hydrogens is 292 g/mol. The maximum absolute atomic E-state index is 12.4. The number of furan rings is 1. The SMILES string of the molecule is CC(C)NCc1ccc(S(=O)(=O)N(C)CC2CCCO2)o1. The Morgan fingerprint density at radius 1 is 1.43 bits per heavy atom. The summed E-state index contributed by atoms with van der Waals surface area (Å²) in [5.41, 5.74) is 0. The van der Waals surface area contributed by atoms with Crippen molar-refractivity contribution in [3.8, 4) is 0 Å². The highest BCUT2D eigenvalue weighted by molar-refractivity contribution is 7.89. The minimum atomic E-state index is -3.59. The Labute approximate surface area is 126 Å². The van der Waals surface area contributed by atoms with Gasteiger partial charge in [-0.1, -0.05) is 13.8 Å². The van der Waals surface area contributed by atoms with Gasteiger partial charge in [-0.3, -0.25) is 0 Å². The highest BCUT2D eigenvalue weighted by Crippen LogP contribution is 2.20. The summed E-state index contributed by atoms with van der Waals surface area (Å²) in [4.78, 5) is 0. The quantitative estimate of drug-likeness (QED) is 0.827. The van der Waals surface area contributed by atoms with Crippen LogP contribution in [0.15, 0.2) is 21.6 Å². The Bertz CT molecular complexity index is 547. The molecule has 0 bridgehead atoms. The molecule has 1 aliphatic heterocycles. The summed E-state index contributed by atoms with van der Waals surface area (Å²) < 4.78 is 37.1. The summed E-state index contributed by atoms with van der Waals surface area (Å²) in [6, 6.07) is 3.53. The van der Waals surface area contributed by atoms with Crippen LogP contribution in [-0.4, -0.2) is 45.1 Å². The Balaban J connectivity index is 2.00. The fourth-order valence-electron chi connectivity index (χ4n) is 2.22. The van der Waals surface area contributed by atoms with E-state index in [4.69, 9.17) is 9.15 Å². The van der Waals surface area contributed by atoms with Crippen LogP contribution in [-0.2, 0) is 21.3 Å². The fourth-order valence-corrected chi connectivity index (χ4v) is 3.35. The molecule has 1 fully saturated rings. The van der Waals surface area contributed by atoms with E-state index >= 15 is 0 Å². The number of hydrogen-bond acceptors (Lipinski definition) is 5. The molecule has 0 radical (unpaired) electrons. The molecule has 7 heteroatoms. The largest absolute Gasteiger partial charge is 0.447 e. The lowest BCUT2D eigenvalue weighted by Crippen LogP contribution is -2.33. The van der Waals surface area contributed by atoms with Crippen molar-refractivity contribution in [2.24, 2.45) is 0 Å². The normalized spacial score (nSPS) is 19.8. The van der Waals surface area contributed by atoms with Gasteiger partial charge in [0.05, 0.1) is 12.6 Å². The van der Waals surface area contributed by atoms with Gasteiger partial charge in [0.25, 0.3) is 10.0 Å². The van der Waals surface area contributed by atoms with Gasteiger partial charge in [0.15, 0.2) is 0 Å². The summed E-state index contributed by atoms with van der Waals surface area (Å²) in [5.74, 6) is 0.618. The van der Waals surface area contributed by atoms with Crippen LogP contribution < -0.4 is 5.32 Å². The smallest absolute Gasteiger partial charge is 0.276 e. The van der Waals surface area contributed by atoms with E-state index in [9.17, 15) is 8.42 Å². The van der Waals surface area contributed by atoms with Gasteiger partial charge < -0.3 is 14.5 Å². The molecule has 6 nitrogen and oxygen atoms in total. The van der Waals surface area contributed by atoms with Crippen LogP contribution in [0.1, 0.15) is 32.4 Å². The van der Waals surface area contributed by atoms with E-state index in [2.05, 4.69) is 5.32 Å². The van der Waals surface area contributed by atoms with Crippen LogP contribution in [0.5, 0.6) is 0 Å². The molecule has 2 rings (SSSR count). The zero-order valence-corrected chi connectivity index (χ0v) is 13.6. The first-order valence-corrected chi connectivity index (χ1v) is 8.73. The maximum Gasteiger partial charge on any atom is 0.276 e. The van der Waals surface area contributed by atoms with Crippen LogP contribution in [0.3, 0.4) is 0 Å². The third kappa shape index (κ3) is 4.29. The summed E-state index contributed by atoms with van der Waals surface area (Å²) >= 11 is 0. The van der Waals surface area contributed by atoms with Crippen LogP contribution in [0.25, 0.3) is 0 Å². The lowest BCUT2D eigenvalue weighted by molar-refractivity contribution is 0.0975. The monoisotopic (exact) mass is 316 g/mol. The number of ether oxygens (including phenoxy) is 1. The van der Waals surface area contributed by atoms with Crippen molar-refractivity contribution in [1.82, 2.24) is 9.62 Å². The number of nitrogens with zero attached hydrogens (tertiary/aromatic N) is 1. The second-order valence-corrected chi connectivity index (χ2v) is 7.65. The molecule has 0 spiro atoms. The standard InChI is InChI=1S/C14H24N2O4S/c1-11(2)15-9-12-6-7-14(20-12)21(17,18)16(3)10-13-5-4-8-19-13/h6-7,11,13,15H,4-5,8-10H2,1-3H3. The molecule has 1 aliphatic rings. The molecule has 120 valence electrons. The molecule has 0 amide bonds. The first-order valence-electron chi connectivity index (χ1n) is 7.29. The predicted molar refractivity (Wildman–Crippen MR) is 79.5 cm³/mol. The van der Waals surface area contributed by atoms with E-state index in [1.165, 1.54) is 10.4 Å². The second-order valence-electron chi connectivity index (χ2n) is 5.68. The lowest BCUT2D eigenvalue weighted by atomic mass is 10.2. The topological polar surface area (TPSA) is 71.8 Å². The fraction of sp³-hybridized carbons (Fsp3) is 0.714. The van der Waals surface area contributed by atoms with Crippen molar-refractivity contribution < 1.29 is 17.6 Å². The maximum atomic E-state index is 12.4. The Morgan fingerprint density at radius 3 is 2.81 bits per heavy atom. The van der Waals surface area contributed by atoms with Crippen LogP contribution in [0.4, 0.5) is 0 Å². The molecular formula is C14H24N2O4S. The van der Waals surface area contributed by atoms with E-state index in [0.717, 1.165) is 12.8 Å². The van der Waals surface area contributed by atoms with Gasteiger partial charge in [0.2, 0.25) is 5.09 Å². The van der Waals surface area contributed by atoms with Crippen LogP contribution in [0, 0.1) is 0 Å². The molecule has 1 N–H and O–H groups in total. The average Bonchev–Trinajstić information content (AvgIpc) is 3.07. The van der Waals surface area contributed by atoms with Gasteiger partial charge in [0.1, 0.15) is 5.76 Å². The average molecular weight is 316 g/mol. The van der Waals surface area contributed by atoms with E-state index in [1.807, 2.05) is 13.8 Å². The molecule has 0 saturated carbocycles. The Hall–Kier alpha value is -0.890. The predicted octanol–water partition coefficient (Wildman–Crippen LogP) is 1.58. The lowest BCUT2D eigenvalue weighted by Gasteiger charge is -2.19. The summed E-state index contributed by atoms with van der Waals surface area (Å²) in [7, 11) is -2.02. The number of hydrogen-bond donors (Lipinski definition) is 1. The van der Waals surface area contributed by atoms with Gasteiger partial charge in [-0.05, 0) is 25.0 Å². The third-order valence-corrected chi connectivity index (χ3v) is 5.17. The molecule has 0 aliphatic carbocycles. The first kappa shape index (κ1) is 16.5. The van der Waals surface area contributed by atoms with E-state index in [1.54, 1.807) is 13.1 Å². The van der Waals surface area contributed by atoms with Crippen molar-refractivity contribution in [3.63, 3.8) is 0 Å². The first-order chi connectivity index (χ1) is 9.89. The van der Waals surface area contributed by atoms with E-state index in [0.29, 0.717) is 31.5 Å². The molecule has 1 aromatic rings. The Kier molecular flexibility index (Phi) is 5.43.